The van der Waals surface area contributed by atoms with E-state index in [0.29, 0.717) is 5.92 Å². The Balaban J connectivity index is 1.92. The first-order chi connectivity index (χ1) is 10.0. The van der Waals surface area contributed by atoms with Gasteiger partial charge >= 0.3 is 0 Å². The number of benzene rings is 1. The molecule has 3 rings (SSSR count). The van der Waals surface area contributed by atoms with E-state index in [1.54, 1.807) is 0 Å². The second-order valence-corrected chi connectivity index (χ2v) is 7.05. The smallest absolute Gasteiger partial charge is 0.182 e. The van der Waals surface area contributed by atoms with Crippen molar-refractivity contribution in [2.45, 2.75) is 39.7 Å². The molecular formula is C15H20BrN5. The molecule has 2 unspecified atom stereocenters. The zero-order valence-electron chi connectivity index (χ0n) is 12.4. The zero-order valence-corrected chi connectivity index (χ0v) is 14.0. The largest absolute Gasteiger partial charge is 0.398 e. The maximum absolute atomic E-state index is 6.05. The lowest BCUT2D eigenvalue weighted by Gasteiger charge is -2.13. The van der Waals surface area contributed by atoms with E-state index < -0.39 is 0 Å². The molecule has 0 bridgehead atoms. The van der Waals surface area contributed by atoms with Crippen molar-refractivity contribution in [2.75, 3.05) is 5.73 Å². The monoisotopic (exact) mass is 349 g/mol. The first-order valence-corrected chi connectivity index (χ1v) is 8.16. The van der Waals surface area contributed by atoms with Crippen molar-refractivity contribution in [2.24, 2.45) is 11.8 Å². The summed E-state index contributed by atoms with van der Waals surface area (Å²) < 4.78 is 2.88. The highest BCUT2D eigenvalue weighted by Gasteiger charge is 2.24. The van der Waals surface area contributed by atoms with Crippen LogP contribution in [0.3, 0.4) is 0 Å². The lowest BCUT2D eigenvalue weighted by atomic mass is 10.0. The predicted molar refractivity (Wildman–Crippen MR) is 86.6 cm³/mol. The fourth-order valence-electron chi connectivity index (χ4n) is 3.19. The van der Waals surface area contributed by atoms with E-state index in [9.17, 15) is 0 Å². The Hall–Kier alpha value is -1.43. The summed E-state index contributed by atoms with van der Waals surface area (Å²) in [5, 5.41) is 12.3. The van der Waals surface area contributed by atoms with Gasteiger partial charge in [0.25, 0.3) is 0 Å². The molecule has 0 spiro atoms. The number of nitrogens with zero attached hydrogens (tertiary/aromatic N) is 4. The minimum atomic E-state index is 0.673. The van der Waals surface area contributed by atoms with E-state index >= 15 is 0 Å². The Bertz CT molecular complexity index is 652. The molecule has 1 aromatic heterocycles. The van der Waals surface area contributed by atoms with Crippen LogP contribution in [0, 0.1) is 18.8 Å². The van der Waals surface area contributed by atoms with Gasteiger partial charge in [-0.15, -0.1) is 5.10 Å². The van der Waals surface area contributed by atoms with Gasteiger partial charge in [-0.2, -0.15) is 0 Å². The van der Waals surface area contributed by atoms with E-state index in [0.717, 1.165) is 39.6 Å². The summed E-state index contributed by atoms with van der Waals surface area (Å²) in [6.45, 7) is 5.21. The fourth-order valence-corrected chi connectivity index (χ4v) is 3.66. The molecule has 1 aliphatic rings. The summed E-state index contributed by atoms with van der Waals surface area (Å²) >= 11 is 3.50. The molecule has 21 heavy (non-hydrogen) atoms. The van der Waals surface area contributed by atoms with Gasteiger partial charge in [-0.3, -0.25) is 0 Å². The maximum atomic E-state index is 6.05. The quantitative estimate of drug-likeness (QED) is 0.861. The van der Waals surface area contributed by atoms with Crippen LogP contribution in [0.1, 0.15) is 31.7 Å². The first kappa shape index (κ1) is 14.5. The van der Waals surface area contributed by atoms with Gasteiger partial charge < -0.3 is 5.73 Å². The lowest BCUT2D eigenvalue weighted by molar-refractivity contribution is 0.412. The van der Waals surface area contributed by atoms with Crippen LogP contribution in [-0.4, -0.2) is 20.2 Å². The van der Waals surface area contributed by atoms with Gasteiger partial charge in [0, 0.05) is 22.3 Å². The van der Waals surface area contributed by atoms with E-state index in [4.69, 9.17) is 5.73 Å². The van der Waals surface area contributed by atoms with E-state index in [-0.39, 0.29) is 0 Å². The van der Waals surface area contributed by atoms with Crippen LogP contribution in [0.15, 0.2) is 16.6 Å². The van der Waals surface area contributed by atoms with Crippen molar-refractivity contribution >= 4 is 21.6 Å². The van der Waals surface area contributed by atoms with Crippen LogP contribution in [0.4, 0.5) is 5.69 Å². The third-order valence-corrected chi connectivity index (χ3v) is 4.88. The number of rotatable bonds is 3. The molecular weight excluding hydrogens is 330 g/mol. The summed E-state index contributed by atoms with van der Waals surface area (Å²) in [6.07, 6.45) is 3.84. The molecule has 5 nitrogen and oxygen atoms in total. The van der Waals surface area contributed by atoms with Gasteiger partial charge in [0.15, 0.2) is 5.82 Å². The molecule has 6 heteroatoms. The maximum Gasteiger partial charge on any atom is 0.182 e. The average molecular weight is 350 g/mol. The number of anilines is 1. The highest BCUT2D eigenvalue weighted by molar-refractivity contribution is 9.10. The first-order valence-electron chi connectivity index (χ1n) is 7.36. The highest BCUT2D eigenvalue weighted by Crippen LogP contribution is 2.33. The van der Waals surface area contributed by atoms with E-state index in [2.05, 4.69) is 38.4 Å². The molecule has 2 N–H and O–H groups in total. The molecule has 2 aromatic rings. The molecule has 1 aromatic carbocycles. The number of hydrogen-bond acceptors (Lipinski definition) is 4. The molecule has 1 aliphatic carbocycles. The van der Waals surface area contributed by atoms with Gasteiger partial charge in [-0.1, -0.05) is 29.3 Å². The third-order valence-electron chi connectivity index (χ3n) is 4.42. The van der Waals surface area contributed by atoms with Crippen molar-refractivity contribution in [3.8, 4) is 11.4 Å². The van der Waals surface area contributed by atoms with Crippen LogP contribution in [0.5, 0.6) is 0 Å². The molecule has 0 aliphatic heterocycles. The Morgan fingerprint density at radius 3 is 2.90 bits per heavy atom. The van der Waals surface area contributed by atoms with Crippen molar-refractivity contribution in [3.05, 3.63) is 22.2 Å². The van der Waals surface area contributed by atoms with E-state index in [1.807, 2.05) is 23.7 Å². The van der Waals surface area contributed by atoms with Gasteiger partial charge in [-0.05, 0) is 59.7 Å². The van der Waals surface area contributed by atoms with Crippen LogP contribution < -0.4 is 5.73 Å². The topological polar surface area (TPSA) is 69.6 Å². The van der Waals surface area contributed by atoms with Crippen molar-refractivity contribution in [3.63, 3.8) is 0 Å². The minimum Gasteiger partial charge on any atom is -0.398 e. The van der Waals surface area contributed by atoms with Crippen LogP contribution in [0.2, 0.25) is 0 Å². The Morgan fingerprint density at radius 1 is 1.38 bits per heavy atom. The van der Waals surface area contributed by atoms with Gasteiger partial charge in [0.2, 0.25) is 0 Å². The molecule has 0 amide bonds. The predicted octanol–water partition coefficient (Wildman–Crippen LogP) is 3.43. The SMILES string of the molecule is Cc1c(N)cc(Br)cc1-c1nnnn1CC1CCC(C)C1. The van der Waals surface area contributed by atoms with Gasteiger partial charge in [0.05, 0.1) is 0 Å². The second-order valence-electron chi connectivity index (χ2n) is 6.14. The summed E-state index contributed by atoms with van der Waals surface area (Å²) in [7, 11) is 0. The number of aromatic nitrogens is 4. The standard InChI is InChI=1S/C15H20BrN5/c1-9-3-4-11(5-9)8-21-15(18-19-20-21)13-6-12(16)7-14(17)10(13)2/h6-7,9,11H,3-5,8,17H2,1-2H3. The Labute approximate surface area is 133 Å². The summed E-state index contributed by atoms with van der Waals surface area (Å²) in [6, 6.07) is 3.94. The molecule has 1 heterocycles. The minimum absolute atomic E-state index is 0.673. The van der Waals surface area contributed by atoms with Gasteiger partial charge in [0.1, 0.15) is 0 Å². The van der Waals surface area contributed by atoms with Crippen molar-refractivity contribution in [1.82, 2.24) is 20.2 Å². The Morgan fingerprint density at radius 2 is 2.19 bits per heavy atom. The van der Waals surface area contributed by atoms with Gasteiger partial charge in [-0.25, -0.2) is 4.68 Å². The normalized spacial score (nSPS) is 21.9. The number of nitrogens with two attached hydrogens (primary N) is 1. The average Bonchev–Trinajstić information content (AvgIpc) is 3.04. The summed E-state index contributed by atoms with van der Waals surface area (Å²) in [4.78, 5) is 0. The summed E-state index contributed by atoms with van der Waals surface area (Å²) in [5.41, 5.74) is 8.83. The molecule has 0 radical (unpaired) electrons. The van der Waals surface area contributed by atoms with Crippen LogP contribution in [-0.2, 0) is 6.54 Å². The number of hydrogen-bond donors (Lipinski definition) is 1. The number of nitrogen functional groups attached to an aromatic ring is 1. The highest BCUT2D eigenvalue weighted by atomic mass is 79.9. The van der Waals surface area contributed by atoms with Crippen molar-refractivity contribution in [1.29, 1.82) is 0 Å². The van der Waals surface area contributed by atoms with Crippen LogP contribution >= 0.6 is 15.9 Å². The van der Waals surface area contributed by atoms with Crippen molar-refractivity contribution < 1.29 is 0 Å². The Kier molecular flexibility index (Phi) is 3.97. The molecule has 112 valence electrons. The van der Waals surface area contributed by atoms with E-state index in [1.165, 1.54) is 19.3 Å². The molecule has 1 fully saturated rings. The van der Waals surface area contributed by atoms with Crippen LogP contribution in [0.25, 0.3) is 11.4 Å². The zero-order chi connectivity index (χ0) is 15.0. The lowest BCUT2D eigenvalue weighted by Crippen LogP contribution is -2.11. The number of halogens is 1. The fraction of sp³-hybridized carbons (Fsp3) is 0.533. The second kappa shape index (κ2) is 5.75. The molecule has 1 saturated carbocycles. The summed E-state index contributed by atoms with van der Waals surface area (Å²) in [5.74, 6) is 2.30. The number of tetrazole rings is 1. The third kappa shape index (κ3) is 2.95. The molecule has 2 atom stereocenters. The molecule has 0 saturated heterocycles.